The molecule has 0 atom stereocenters. The molecule has 0 aliphatic rings. The van der Waals surface area contributed by atoms with E-state index in [9.17, 15) is 0 Å². The summed E-state index contributed by atoms with van der Waals surface area (Å²) < 4.78 is 0. The lowest BCUT2D eigenvalue weighted by molar-refractivity contribution is 0.479. The van der Waals surface area contributed by atoms with E-state index in [-0.39, 0.29) is 5.75 Å². The molecule has 1 nitrogen and oxygen atoms in total. The fourth-order valence-corrected chi connectivity index (χ4v) is 0.956. The number of rotatable bonds is 0. The van der Waals surface area contributed by atoms with E-state index in [0.29, 0.717) is 5.46 Å². The van der Waals surface area contributed by atoms with E-state index in [1.54, 1.807) is 6.07 Å². The van der Waals surface area contributed by atoms with Crippen LogP contribution >= 0.6 is 0 Å². The maximum Gasteiger partial charge on any atom is 0.119 e. The van der Waals surface area contributed by atoms with E-state index in [1.807, 2.05) is 19.9 Å². The minimum absolute atomic E-state index is 0.178. The third kappa shape index (κ3) is 1.15. The summed E-state index contributed by atoms with van der Waals surface area (Å²) in [6.45, 7) is 3.80. The summed E-state index contributed by atoms with van der Waals surface area (Å²) in [5.41, 5.74) is 2.44. The molecule has 2 radical (unpaired) electrons. The Morgan fingerprint density at radius 3 is 2.40 bits per heavy atom. The molecule has 0 aliphatic heterocycles. The number of phenols is 1. The second kappa shape index (κ2) is 2.37. The van der Waals surface area contributed by atoms with Crippen LogP contribution < -0.4 is 5.46 Å². The molecule has 1 aromatic rings. The first kappa shape index (κ1) is 7.20. The fourth-order valence-electron chi connectivity index (χ4n) is 0.956. The summed E-state index contributed by atoms with van der Waals surface area (Å²) in [7, 11) is 5.50. The highest BCUT2D eigenvalue weighted by molar-refractivity contribution is 6.35. The SMILES string of the molecule is [B]c1c(C)cc(C)cc1O. The van der Waals surface area contributed by atoms with Crippen molar-refractivity contribution >= 4 is 13.3 Å². The van der Waals surface area contributed by atoms with E-state index >= 15 is 0 Å². The predicted molar refractivity (Wildman–Crippen MR) is 43.0 cm³/mol. The number of phenolic OH excluding ortho intramolecular Hbond substituents is 1. The highest BCUT2D eigenvalue weighted by atomic mass is 16.3. The Labute approximate surface area is 62.1 Å². The van der Waals surface area contributed by atoms with Gasteiger partial charge in [-0.05, 0) is 25.5 Å². The molecule has 2 heteroatoms. The zero-order valence-electron chi connectivity index (χ0n) is 6.18. The monoisotopic (exact) mass is 132 g/mol. The second-order valence-corrected chi connectivity index (χ2v) is 2.51. The Kier molecular flexibility index (Phi) is 1.71. The quantitative estimate of drug-likeness (QED) is 0.517. The van der Waals surface area contributed by atoms with Crippen molar-refractivity contribution in [1.82, 2.24) is 0 Å². The number of aromatic hydroxyl groups is 1. The van der Waals surface area contributed by atoms with Gasteiger partial charge >= 0.3 is 0 Å². The first-order valence-electron chi connectivity index (χ1n) is 3.17. The Morgan fingerprint density at radius 2 is 1.90 bits per heavy atom. The normalized spacial score (nSPS) is 9.80. The summed E-state index contributed by atoms with van der Waals surface area (Å²) in [5.74, 6) is 0.178. The van der Waals surface area contributed by atoms with Crippen molar-refractivity contribution in [3.63, 3.8) is 0 Å². The van der Waals surface area contributed by atoms with Gasteiger partial charge < -0.3 is 5.11 Å². The van der Waals surface area contributed by atoms with E-state index in [4.69, 9.17) is 13.0 Å². The van der Waals surface area contributed by atoms with Gasteiger partial charge in [-0.1, -0.05) is 17.1 Å². The van der Waals surface area contributed by atoms with Gasteiger partial charge in [0.15, 0.2) is 0 Å². The largest absolute Gasteiger partial charge is 0.509 e. The zero-order valence-corrected chi connectivity index (χ0v) is 6.18. The highest BCUT2D eigenvalue weighted by Gasteiger charge is 1.98. The van der Waals surface area contributed by atoms with Crippen molar-refractivity contribution in [2.45, 2.75) is 13.8 Å². The third-order valence-corrected chi connectivity index (χ3v) is 1.51. The summed E-state index contributed by atoms with van der Waals surface area (Å²) >= 11 is 0. The van der Waals surface area contributed by atoms with E-state index in [2.05, 4.69) is 0 Å². The van der Waals surface area contributed by atoms with Crippen LogP contribution in [0.5, 0.6) is 5.75 Å². The smallest absolute Gasteiger partial charge is 0.119 e. The van der Waals surface area contributed by atoms with Crippen molar-refractivity contribution < 1.29 is 5.11 Å². The third-order valence-electron chi connectivity index (χ3n) is 1.51. The van der Waals surface area contributed by atoms with Crippen LogP contribution in [-0.4, -0.2) is 13.0 Å². The van der Waals surface area contributed by atoms with Crippen LogP contribution in [0.4, 0.5) is 0 Å². The zero-order chi connectivity index (χ0) is 7.72. The summed E-state index contributed by atoms with van der Waals surface area (Å²) in [4.78, 5) is 0. The molecule has 0 amide bonds. The molecular weight excluding hydrogens is 123 g/mol. The van der Waals surface area contributed by atoms with Gasteiger partial charge in [-0.15, -0.1) is 0 Å². The molecule has 0 aromatic heterocycles. The summed E-state index contributed by atoms with van der Waals surface area (Å²) in [6.07, 6.45) is 0. The molecule has 1 rings (SSSR count). The van der Waals surface area contributed by atoms with E-state index in [0.717, 1.165) is 11.1 Å². The second-order valence-electron chi connectivity index (χ2n) is 2.51. The average Bonchev–Trinajstić information content (AvgIpc) is 1.82. The predicted octanol–water partition coefficient (Wildman–Crippen LogP) is 0.803. The van der Waals surface area contributed by atoms with E-state index in [1.165, 1.54) is 0 Å². The minimum atomic E-state index is 0.178. The molecule has 0 heterocycles. The Balaban J connectivity index is 3.31. The van der Waals surface area contributed by atoms with Crippen LogP contribution in [0.25, 0.3) is 0 Å². The van der Waals surface area contributed by atoms with Gasteiger partial charge in [0.2, 0.25) is 0 Å². The average molecular weight is 132 g/mol. The van der Waals surface area contributed by atoms with Crippen LogP contribution in [0.3, 0.4) is 0 Å². The van der Waals surface area contributed by atoms with Gasteiger partial charge in [-0.3, -0.25) is 0 Å². The van der Waals surface area contributed by atoms with Crippen molar-refractivity contribution in [2.75, 3.05) is 0 Å². The molecule has 0 aliphatic carbocycles. The number of hydrogen-bond acceptors (Lipinski definition) is 1. The van der Waals surface area contributed by atoms with Gasteiger partial charge in [0.1, 0.15) is 13.6 Å². The van der Waals surface area contributed by atoms with Crippen molar-refractivity contribution in [3.8, 4) is 5.75 Å². The Bertz CT molecular complexity index is 232. The molecular formula is C8H9BO. The van der Waals surface area contributed by atoms with Crippen LogP contribution in [0.15, 0.2) is 12.1 Å². The molecule has 0 bridgehead atoms. The van der Waals surface area contributed by atoms with Crippen LogP contribution in [0.2, 0.25) is 0 Å². The van der Waals surface area contributed by atoms with Gasteiger partial charge in [-0.25, -0.2) is 0 Å². The molecule has 0 spiro atoms. The van der Waals surface area contributed by atoms with E-state index < -0.39 is 0 Å². The first-order valence-corrected chi connectivity index (χ1v) is 3.17. The lowest BCUT2D eigenvalue weighted by Crippen LogP contribution is -2.07. The van der Waals surface area contributed by atoms with Crippen LogP contribution in [0, 0.1) is 13.8 Å². The first-order chi connectivity index (χ1) is 4.61. The molecule has 50 valence electrons. The number of hydrogen-bond donors (Lipinski definition) is 1. The molecule has 0 saturated carbocycles. The lowest BCUT2D eigenvalue weighted by atomic mass is 9.89. The minimum Gasteiger partial charge on any atom is -0.509 e. The fraction of sp³-hybridized carbons (Fsp3) is 0.250. The van der Waals surface area contributed by atoms with Crippen LogP contribution in [-0.2, 0) is 0 Å². The number of benzene rings is 1. The number of aryl methyl sites for hydroxylation is 2. The maximum absolute atomic E-state index is 9.16. The van der Waals surface area contributed by atoms with Crippen molar-refractivity contribution in [1.29, 1.82) is 0 Å². The Morgan fingerprint density at radius 1 is 1.30 bits per heavy atom. The standard InChI is InChI=1S/C8H9BO/c1-5-3-6(2)8(9)7(10)4-5/h3-4,10H,1-2H3. The van der Waals surface area contributed by atoms with Crippen molar-refractivity contribution in [3.05, 3.63) is 23.3 Å². The van der Waals surface area contributed by atoms with Gasteiger partial charge in [-0.2, -0.15) is 0 Å². The molecule has 0 unspecified atom stereocenters. The topological polar surface area (TPSA) is 20.2 Å². The molecule has 0 saturated heterocycles. The molecule has 0 fully saturated rings. The summed E-state index contributed by atoms with van der Waals surface area (Å²) in [5, 5.41) is 9.16. The van der Waals surface area contributed by atoms with Crippen molar-refractivity contribution in [2.24, 2.45) is 0 Å². The molecule has 1 N–H and O–H groups in total. The summed E-state index contributed by atoms with van der Waals surface area (Å²) in [6, 6.07) is 3.59. The lowest BCUT2D eigenvalue weighted by Gasteiger charge is -2.03. The molecule has 10 heavy (non-hydrogen) atoms. The van der Waals surface area contributed by atoms with Crippen LogP contribution in [0.1, 0.15) is 11.1 Å². The maximum atomic E-state index is 9.16. The Hall–Kier alpha value is -0.915. The van der Waals surface area contributed by atoms with Gasteiger partial charge in [0.25, 0.3) is 0 Å². The van der Waals surface area contributed by atoms with Gasteiger partial charge in [0.05, 0.1) is 0 Å². The molecule has 1 aromatic carbocycles. The van der Waals surface area contributed by atoms with Gasteiger partial charge in [0, 0.05) is 0 Å². The highest BCUT2D eigenvalue weighted by Crippen LogP contribution is 2.09.